The van der Waals surface area contributed by atoms with Gasteiger partial charge in [-0.2, -0.15) is 0 Å². The van der Waals surface area contributed by atoms with Crippen LogP contribution in [0, 0.1) is 13.8 Å². The lowest BCUT2D eigenvalue weighted by atomic mass is 9.98. The van der Waals surface area contributed by atoms with E-state index < -0.39 is 0 Å². The number of rotatable bonds is 3. The van der Waals surface area contributed by atoms with Crippen molar-refractivity contribution in [2.24, 2.45) is 4.99 Å². The summed E-state index contributed by atoms with van der Waals surface area (Å²) in [7, 11) is 0. The van der Waals surface area contributed by atoms with Crippen LogP contribution in [0.4, 0.5) is 5.69 Å². The predicted octanol–water partition coefficient (Wildman–Crippen LogP) is 5.36. The van der Waals surface area contributed by atoms with Crippen LogP contribution >= 0.6 is 0 Å². The molecule has 1 heterocycles. The first-order valence-corrected chi connectivity index (χ1v) is 7.92. The van der Waals surface area contributed by atoms with E-state index in [-0.39, 0.29) is 5.88 Å². The summed E-state index contributed by atoms with van der Waals surface area (Å²) >= 11 is 0. The molecule has 0 atom stereocenters. The van der Waals surface area contributed by atoms with Crippen LogP contribution in [0.15, 0.2) is 41.4 Å². The van der Waals surface area contributed by atoms with Crippen molar-refractivity contribution < 1.29 is 5.11 Å². The van der Waals surface area contributed by atoms with Gasteiger partial charge >= 0.3 is 0 Å². The fourth-order valence-electron chi connectivity index (χ4n) is 2.90. The van der Waals surface area contributed by atoms with Crippen molar-refractivity contribution in [2.45, 2.75) is 33.6 Å². The molecule has 3 rings (SSSR count). The van der Waals surface area contributed by atoms with E-state index in [0.717, 1.165) is 33.3 Å². The summed E-state index contributed by atoms with van der Waals surface area (Å²) in [6.07, 6.45) is 1.77. The fourth-order valence-corrected chi connectivity index (χ4v) is 2.90. The number of aliphatic imine (C=N–C) groups is 1. The van der Waals surface area contributed by atoms with Crippen molar-refractivity contribution in [3.8, 4) is 5.88 Å². The standard InChI is InChI=1S/C20H22N2O/c1-12(2)15-7-5-6-14(4)19(15)21-11-17-16-10-13(3)8-9-18(16)22-20(17)23/h5-12,22-23H,1-4H3. The number of aryl methyl sites for hydroxylation is 2. The maximum Gasteiger partial charge on any atom is 0.198 e. The van der Waals surface area contributed by atoms with E-state index in [9.17, 15) is 5.11 Å². The summed E-state index contributed by atoms with van der Waals surface area (Å²) in [5, 5.41) is 11.2. The second-order valence-electron chi connectivity index (χ2n) is 6.36. The molecular formula is C20H22N2O. The van der Waals surface area contributed by atoms with Gasteiger partial charge in [0.1, 0.15) is 0 Å². The fraction of sp³-hybridized carbons (Fsp3) is 0.250. The van der Waals surface area contributed by atoms with Crippen LogP contribution in [0.25, 0.3) is 10.9 Å². The molecule has 0 saturated heterocycles. The van der Waals surface area contributed by atoms with Gasteiger partial charge in [0.25, 0.3) is 0 Å². The molecule has 0 saturated carbocycles. The normalized spacial score (nSPS) is 11.9. The van der Waals surface area contributed by atoms with E-state index in [2.05, 4.69) is 50.0 Å². The summed E-state index contributed by atoms with van der Waals surface area (Å²) in [6, 6.07) is 12.3. The van der Waals surface area contributed by atoms with Gasteiger partial charge in [-0.15, -0.1) is 0 Å². The first kappa shape index (κ1) is 15.3. The quantitative estimate of drug-likeness (QED) is 0.628. The highest BCUT2D eigenvalue weighted by atomic mass is 16.3. The summed E-state index contributed by atoms with van der Waals surface area (Å²) in [5.74, 6) is 0.565. The molecule has 0 aliphatic heterocycles. The Morgan fingerprint density at radius 1 is 1.13 bits per heavy atom. The Morgan fingerprint density at radius 3 is 2.65 bits per heavy atom. The Morgan fingerprint density at radius 2 is 1.91 bits per heavy atom. The molecule has 23 heavy (non-hydrogen) atoms. The van der Waals surface area contributed by atoms with Gasteiger partial charge in [0.05, 0.1) is 11.3 Å². The number of aromatic nitrogens is 1. The third-order valence-corrected chi connectivity index (χ3v) is 4.19. The van der Waals surface area contributed by atoms with Crippen LogP contribution in [0.2, 0.25) is 0 Å². The van der Waals surface area contributed by atoms with Crippen LogP contribution in [-0.4, -0.2) is 16.3 Å². The third kappa shape index (κ3) is 2.87. The van der Waals surface area contributed by atoms with E-state index in [1.807, 2.05) is 19.1 Å². The summed E-state index contributed by atoms with van der Waals surface area (Å²) in [4.78, 5) is 7.71. The summed E-state index contributed by atoms with van der Waals surface area (Å²) in [6.45, 7) is 8.45. The summed E-state index contributed by atoms with van der Waals surface area (Å²) < 4.78 is 0. The molecule has 3 heteroatoms. The smallest absolute Gasteiger partial charge is 0.198 e. The second-order valence-corrected chi connectivity index (χ2v) is 6.36. The minimum absolute atomic E-state index is 0.161. The van der Waals surface area contributed by atoms with E-state index in [1.165, 1.54) is 5.56 Å². The van der Waals surface area contributed by atoms with Crippen molar-refractivity contribution in [3.05, 3.63) is 58.7 Å². The van der Waals surface area contributed by atoms with E-state index in [0.29, 0.717) is 5.92 Å². The molecule has 1 aromatic heterocycles. The summed E-state index contributed by atoms with van der Waals surface area (Å²) in [5.41, 5.74) is 6.17. The zero-order valence-electron chi connectivity index (χ0n) is 14.0. The molecule has 2 N–H and O–H groups in total. The lowest BCUT2D eigenvalue weighted by Gasteiger charge is -2.11. The maximum atomic E-state index is 10.2. The highest BCUT2D eigenvalue weighted by molar-refractivity contribution is 6.03. The SMILES string of the molecule is Cc1ccc2[nH]c(O)c(C=Nc3c(C)cccc3C(C)C)c2c1. The first-order valence-electron chi connectivity index (χ1n) is 7.92. The number of hydrogen-bond donors (Lipinski definition) is 2. The van der Waals surface area contributed by atoms with Crippen molar-refractivity contribution in [3.63, 3.8) is 0 Å². The predicted molar refractivity (Wildman–Crippen MR) is 97.2 cm³/mol. The van der Waals surface area contributed by atoms with Crippen molar-refractivity contribution in [1.29, 1.82) is 0 Å². The first-order chi connectivity index (χ1) is 11.0. The third-order valence-electron chi connectivity index (χ3n) is 4.19. The molecule has 3 aromatic rings. The highest BCUT2D eigenvalue weighted by Crippen LogP contribution is 2.31. The lowest BCUT2D eigenvalue weighted by molar-refractivity contribution is 0.457. The number of aromatic amines is 1. The van der Waals surface area contributed by atoms with Crippen molar-refractivity contribution in [2.75, 3.05) is 0 Å². The monoisotopic (exact) mass is 306 g/mol. The molecule has 0 aliphatic carbocycles. The molecule has 0 radical (unpaired) electrons. The minimum atomic E-state index is 0.161. The molecule has 0 amide bonds. The number of benzene rings is 2. The van der Waals surface area contributed by atoms with Gasteiger partial charge in [-0.25, -0.2) is 0 Å². The lowest BCUT2D eigenvalue weighted by Crippen LogP contribution is -1.91. The number of para-hydroxylation sites is 1. The zero-order valence-corrected chi connectivity index (χ0v) is 14.0. The average Bonchev–Trinajstić information content (AvgIpc) is 2.81. The molecule has 0 spiro atoms. The molecule has 0 aliphatic rings. The Labute approximate surface area is 136 Å². The van der Waals surface area contributed by atoms with Crippen LogP contribution in [-0.2, 0) is 0 Å². The number of aromatic hydroxyl groups is 1. The van der Waals surface area contributed by atoms with E-state index in [4.69, 9.17) is 4.99 Å². The Bertz CT molecular complexity index is 888. The number of fused-ring (bicyclic) bond motifs is 1. The molecule has 118 valence electrons. The zero-order chi connectivity index (χ0) is 16.6. The number of hydrogen-bond acceptors (Lipinski definition) is 2. The maximum absolute atomic E-state index is 10.2. The topological polar surface area (TPSA) is 48.4 Å². The van der Waals surface area contributed by atoms with Gasteiger partial charge in [0.2, 0.25) is 0 Å². The van der Waals surface area contributed by atoms with Crippen LogP contribution in [0.1, 0.15) is 42.0 Å². The van der Waals surface area contributed by atoms with E-state index in [1.54, 1.807) is 6.21 Å². The van der Waals surface area contributed by atoms with Gasteiger partial charge in [-0.3, -0.25) is 4.99 Å². The Kier molecular flexibility index (Phi) is 3.95. The molecule has 0 bridgehead atoms. The molecule has 0 fully saturated rings. The van der Waals surface area contributed by atoms with E-state index >= 15 is 0 Å². The van der Waals surface area contributed by atoms with Gasteiger partial charge in [0.15, 0.2) is 5.88 Å². The highest BCUT2D eigenvalue weighted by Gasteiger charge is 2.11. The number of H-pyrrole nitrogens is 1. The van der Waals surface area contributed by atoms with Gasteiger partial charge in [-0.05, 0) is 43.0 Å². The van der Waals surface area contributed by atoms with Gasteiger partial charge in [-0.1, -0.05) is 43.7 Å². The second kappa shape index (κ2) is 5.92. The minimum Gasteiger partial charge on any atom is -0.494 e. The average molecular weight is 306 g/mol. The Hall–Kier alpha value is -2.55. The van der Waals surface area contributed by atoms with Gasteiger partial charge in [0, 0.05) is 17.1 Å². The van der Waals surface area contributed by atoms with Crippen molar-refractivity contribution in [1.82, 2.24) is 4.98 Å². The number of nitrogens with one attached hydrogen (secondary N) is 1. The van der Waals surface area contributed by atoms with Gasteiger partial charge < -0.3 is 10.1 Å². The molecule has 2 aromatic carbocycles. The molecule has 3 nitrogen and oxygen atoms in total. The van der Waals surface area contributed by atoms with Crippen molar-refractivity contribution >= 4 is 22.8 Å². The largest absolute Gasteiger partial charge is 0.494 e. The van der Waals surface area contributed by atoms with Crippen LogP contribution < -0.4 is 0 Å². The number of nitrogens with zero attached hydrogens (tertiary/aromatic N) is 1. The Balaban J connectivity index is 2.11. The molecule has 0 unspecified atom stereocenters. The molecular weight excluding hydrogens is 284 g/mol. The van der Waals surface area contributed by atoms with Crippen LogP contribution in [0.3, 0.4) is 0 Å². The van der Waals surface area contributed by atoms with Crippen LogP contribution in [0.5, 0.6) is 5.88 Å².